The van der Waals surface area contributed by atoms with Crippen molar-refractivity contribution in [3.8, 4) is 6.07 Å². The minimum Gasteiger partial charge on any atom is -0.469 e. The zero-order valence-electron chi connectivity index (χ0n) is 14.4. The number of ether oxygens (including phenoxy) is 1. The number of esters is 1. The Morgan fingerprint density at radius 2 is 1.89 bits per heavy atom. The van der Waals surface area contributed by atoms with Crippen LogP contribution in [0.2, 0.25) is 5.02 Å². The van der Waals surface area contributed by atoms with E-state index in [-0.39, 0.29) is 5.78 Å². The third-order valence-electron chi connectivity index (χ3n) is 5.28. The van der Waals surface area contributed by atoms with Crippen molar-refractivity contribution in [2.24, 2.45) is 11.3 Å². The van der Waals surface area contributed by atoms with Gasteiger partial charge in [-0.1, -0.05) is 41.9 Å². The Morgan fingerprint density at radius 3 is 2.56 bits per heavy atom. The van der Waals surface area contributed by atoms with E-state index >= 15 is 0 Å². The van der Waals surface area contributed by atoms with E-state index in [9.17, 15) is 14.9 Å². The van der Waals surface area contributed by atoms with Gasteiger partial charge in [-0.25, -0.2) is 0 Å². The number of ketones is 1. The summed E-state index contributed by atoms with van der Waals surface area (Å²) >= 11 is 5.95. The molecule has 2 aromatic carbocycles. The van der Waals surface area contributed by atoms with Gasteiger partial charge in [-0.15, -0.1) is 0 Å². The van der Waals surface area contributed by atoms with E-state index in [1.165, 1.54) is 7.11 Å². The number of para-hydroxylation sites is 1. The number of halogens is 1. The monoisotopic (exact) mass is 378 g/mol. The molecule has 0 aliphatic heterocycles. The topological polar surface area (TPSA) is 82.9 Å². The van der Waals surface area contributed by atoms with Gasteiger partial charge in [-0.2, -0.15) is 5.26 Å². The summed E-state index contributed by atoms with van der Waals surface area (Å²) in [6, 6.07) is 16.3. The lowest BCUT2D eigenvalue weighted by Gasteiger charge is -2.08. The number of rotatable bonds is 4. The van der Waals surface area contributed by atoms with E-state index in [0.29, 0.717) is 16.1 Å². The maximum absolute atomic E-state index is 13.4. The first kappa shape index (κ1) is 17.3. The molecule has 3 aromatic rings. The second-order valence-corrected chi connectivity index (χ2v) is 7.02. The van der Waals surface area contributed by atoms with Crippen molar-refractivity contribution in [1.29, 1.82) is 5.26 Å². The number of hydrogen-bond acceptors (Lipinski definition) is 4. The molecule has 5 nitrogen and oxygen atoms in total. The predicted molar refractivity (Wildman–Crippen MR) is 100 cm³/mol. The van der Waals surface area contributed by atoms with Crippen LogP contribution in [0.5, 0.6) is 0 Å². The molecule has 1 aromatic heterocycles. The van der Waals surface area contributed by atoms with Gasteiger partial charge in [0.2, 0.25) is 0 Å². The SMILES string of the molecule is COC(=O)[C@@H]1[C@@H](c2ccc(Cl)cc2)[C@@]1(C#N)C(=O)c1c[nH]c2ccccc12. The van der Waals surface area contributed by atoms with E-state index in [1.54, 1.807) is 30.5 Å². The molecule has 1 aliphatic carbocycles. The molecule has 0 bridgehead atoms. The zero-order chi connectivity index (χ0) is 19.2. The molecule has 1 aliphatic rings. The van der Waals surface area contributed by atoms with Gasteiger partial charge in [0.1, 0.15) is 5.41 Å². The van der Waals surface area contributed by atoms with Gasteiger partial charge in [-0.05, 0) is 23.8 Å². The standard InChI is InChI=1S/C21H15ClN2O3/c1-27-20(26)18-17(12-6-8-13(22)9-7-12)21(18,11-23)19(25)15-10-24-16-5-3-2-4-14(15)16/h2-10,17-18,24H,1H3/t17-,18+,21-/m1/s1. The van der Waals surface area contributed by atoms with Crippen LogP contribution in [-0.2, 0) is 9.53 Å². The third kappa shape index (κ3) is 2.45. The molecule has 1 N–H and O–H groups in total. The van der Waals surface area contributed by atoms with Gasteiger partial charge < -0.3 is 9.72 Å². The maximum atomic E-state index is 13.4. The molecule has 1 saturated carbocycles. The van der Waals surface area contributed by atoms with Crippen LogP contribution in [0.25, 0.3) is 10.9 Å². The molecule has 27 heavy (non-hydrogen) atoms. The lowest BCUT2D eigenvalue weighted by molar-refractivity contribution is -0.142. The lowest BCUT2D eigenvalue weighted by atomic mass is 9.90. The first-order valence-electron chi connectivity index (χ1n) is 8.40. The fourth-order valence-corrected chi connectivity index (χ4v) is 4.04. The molecule has 6 heteroatoms. The number of nitrogens with one attached hydrogen (secondary N) is 1. The summed E-state index contributed by atoms with van der Waals surface area (Å²) in [5.74, 6) is -2.37. The smallest absolute Gasteiger partial charge is 0.311 e. The Balaban J connectivity index is 1.83. The van der Waals surface area contributed by atoms with E-state index in [0.717, 1.165) is 10.9 Å². The van der Waals surface area contributed by atoms with E-state index in [2.05, 4.69) is 11.1 Å². The third-order valence-corrected chi connectivity index (χ3v) is 5.54. The number of carbonyl (C=O) groups is 2. The van der Waals surface area contributed by atoms with Gasteiger partial charge in [0.15, 0.2) is 5.78 Å². The number of H-pyrrole nitrogens is 1. The molecular weight excluding hydrogens is 364 g/mol. The second-order valence-electron chi connectivity index (χ2n) is 6.59. The molecule has 0 unspecified atom stereocenters. The Labute approximate surface area is 160 Å². The van der Waals surface area contributed by atoms with Crippen molar-refractivity contribution in [3.63, 3.8) is 0 Å². The Hall–Kier alpha value is -3.10. The molecule has 1 heterocycles. The molecule has 0 saturated heterocycles. The van der Waals surface area contributed by atoms with Crippen LogP contribution in [0.15, 0.2) is 54.7 Å². The van der Waals surface area contributed by atoms with Gasteiger partial charge in [0.25, 0.3) is 0 Å². The summed E-state index contributed by atoms with van der Waals surface area (Å²) < 4.78 is 4.89. The Kier molecular flexibility index (Phi) is 4.01. The van der Waals surface area contributed by atoms with E-state index in [1.807, 2.05) is 24.3 Å². The number of nitrogens with zero attached hydrogens (tertiary/aromatic N) is 1. The first-order valence-corrected chi connectivity index (χ1v) is 8.78. The van der Waals surface area contributed by atoms with Crippen LogP contribution in [0.3, 0.4) is 0 Å². The number of hydrogen-bond donors (Lipinski definition) is 1. The van der Waals surface area contributed by atoms with Crippen molar-refractivity contribution in [2.45, 2.75) is 5.92 Å². The summed E-state index contributed by atoms with van der Waals surface area (Å²) in [4.78, 5) is 28.9. The number of methoxy groups -OCH3 is 1. The number of carbonyl (C=O) groups excluding carboxylic acids is 2. The highest BCUT2D eigenvalue weighted by Gasteiger charge is 2.74. The summed E-state index contributed by atoms with van der Waals surface area (Å²) in [5, 5.41) is 11.2. The molecular formula is C21H15ClN2O3. The van der Waals surface area contributed by atoms with Crippen molar-refractivity contribution in [2.75, 3.05) is 7.11 Å². The van der Waals surface area contributed by atoms with Crippen LogP contribution >= 0.6 is 11.6 Å². The number of fused-ring (bicyclic) bond motifs is 1. The van der Waals surface area contributed by atoms with Crippen LogP contribution in [0.4, 0.5) is 0 Å². The van der Waals surface area contributed by atoms with Crippen LogP contribution < -0.4 is 0 Å². The Bertz CT molecular complexity index is 1100. The van der Waals surface area contributed by atoms with Gasteiger partial charge in [0, 0.05) is 33.6 Å². The molecule has 3 atom stereocenters. The average Bonchev–Trinajstić information content (AvgIpc) is 3.20. The molecule has 0 amide bonds. The summed E-state index contributed by atoms with van der Waals surface area (Å²) in [7, 11) is 1.26. The molecule has 0 spiro atoms. The number of nitriles is 1. The lowest BCUT2D eigenvalue weighted by Crippen LogP contribution is -2.21. The number of aromatic nitrogens is 1. The zero-order valence-corrected chi connectivity index (χ0v) is 15.2. The van der Waals surface area contributed by atoms with Crippen LogP contribution in [-0.4, -0.2) is 23.8 Å². The minimum atomic E-state index is -1.49. The van der Waals surface area contributed by atoms with E-state index in [4.69, 9.17) is 16.3 Å². The van der Waals surface area contributed by atoms with E-state index < -0.39 is 23.2 Å². The Morgan fingerprint density at radius 1 is 1.19 bits per heavy atom. The predicted octanol–water partition coefficient (Wildman–Crippen LogP) is 4.10. The second kappa shape index (κ2) is 6.26. The molecule has 4 rings (SSSR count). The van der Waals surface area contributed by atoms with Crippen LogP contribution in [0, 0.1) is 22.7 Å². The average molecular weight is 379 g/mol. The first-order chi connectivity index (χ1) is 13.0. The maximum Gasteiger partial charge on any atom is 0.311 e. The molecule has 0 radical (unpaired) electrons. The van der Waals surface area contributed by atoms with Crippen molar-refractivity contribution in [3.05, 3.63) is 70.9 Å². The summed E-state index contributed by atoms with van der Waals surface area (Å²) in [5.41, 5.74) is 0.417. The highest BCUT2D eigenvalue weighted by Crippen LogP contribution is 2.66. The highest BCUT2D eigenvalue weighted by atomic mass is 35.5. The summed E-state index contributed by atoms with van der Waals surface area (Å²) in [6.07, 6.45) is 1.59. The number of benzene rings is 2. The van der Waals surface area contributed by atoms with Gasteiger partial charge in [0.05, 0.1) is 19.1 Å². The number of Topliss-reactive ketones (excluding diaryl/α,β-unsaturated/α-hetero) is 1. The summed E-state index contributed by atoms with van der Waals surface area (Å²) in [6.45, 7) is 0. The number of aromatic amines is 1. The fourth-order valence-electron chi connectivity index (χ4n) is 3.92. The minimum absolute atomic E-state index is 0.377. The van der Waals surface area contributed by atoms with Crippen molar-refractivity contribution >= 4 is 34.3 Å². The molecule has 134 valence electrons. The van der Waals surface area contributed by atoms with Gasteiger partial charge >= 0.3 is 5.97 Å². The highest BCUT2D eigenvalue weighted by molar-refractivity contribution is 6.30. The van der Waals surface area contributed by atoms with Crippen LogP contribution in [0.1, 0.15) is 21.8 Å². The largest absolute Gasteiger partial charge is 0.469 e. The normalized spacial score (nSPS) is 23.6. The fraction of sp³-hybridized carbons (Fsp3) is 0.190. The quantitative estimate of drug-likeness (QED) is 0.547. The van der Waals surface area contributed by atoms with Crippen molar-refractivity contribution in [1.82, 2.24) is 4.98 Å². The van der Waals surface area contributed by atoms with Crippen molar-refractivity contribution < 1.29 is 14.3 Å². The van der Waals surface area contributed by atoms with Gasteiger partial charge in [-0.3, -0.25) is 9.59 Å². The molecule has 1 fully saturated rings.